The van der Waals surface area contributed by atoms with E-state index in [2.05, 4.69) is 20.5 Å². The number of phosphoric ester groups is 1. The third-order valence-corrected chi connectivity index (χ3v) is 12.2. The van der Waals surface area contributed by atoms with Gasteiger partial charge >= 0.3 is 7.82 Å². The molecular weight excluding hydrogens is 937 g/mol. The van der Waals surface area contributed by atoms with Crippen molar-refractivity contribution in [3.63, 3.8) is 0 Å². The lowest BCUT2D eigenvalue weighted by Crippen LogP contribution is -2.72. The maximum atomic E-state index is 12.9. The minimum Gasteiger partial charge on any atom is -0.394 e. The van der Waals surface area contributed by atoms with E-state index in [1.54, 1.807) is 0 Å². The predicted octanol–water partition coefficient (Wildman–Crippen LogP) is -9.32. The molecule has 5 aliphatic heterocycles. The molecule has 0 bridgehead atoms. The molecule has 5 saturated heterocycles. The number of rotatable bonds is 16. The number of ether oxygens (including phenoxy) is 9. The Morgan fingerprint density at radius 3 is 1.24 bits per heavy atom. The Morgan fingerprint density at radius 1 is 0.463 bits per heavy atom. The Morgan fingerprint density at radius 2 is 0.821 bits per heavy atom. The van der Waals surface area contributed by atoms with Gasteiger partial charge < -0.3 is 125 Å². The molecule has 5 heterocycles. The SMILES string of the molecule is CC(=O)N[C@@H]1[C@H](O[C@H]2[C@H](O)[C@@H](CO)O[C@H](O[C@@H]3[C@H](O)[C@H](C)O[C@@H](O[C@H]4[C@H](O)[C@@H](O)[C@@H](O)O[C@@H]4CO)[C@H]3NC(C)=O)[C@@H]2NC(C)=O)O[C@@H](C)[C@@H](O)[C@H]1O[C@H]1O[C@H](CO)[C@@H](OP(=O)(O)O)[C@H](O)[C@H]1O. The minimum absolute atomic E-state index is 0.756. The summed E-state index contributed by atoms with van der Waals surface area (Å²) in [5.41, 5.74) is 0. The summed E-state index contributed by atoms with van der Waals surface area (Å²) in [5.74, 6) is -2.37. The van der Waals surface area contributed by atoms with Gasteiger partial charge in [-0.3, -0.25) is 18.9 Å². The van der Waals surface area contributed by atoms with Crippen LogP contribution in [0.25, 0.3) is 0 Å². The molecule has 0 aromatic heterocycles. The lowest BCUT2D eigenvalue weighted by atomic mass is 9.93. The lowest BCUT2D eigenvalue weighted by Gasteiger charge is -2.51. The summed E-state index contributed by atoms with van der Waals surface area (Å²) in [6.45, 7) is 2.97. The molecule has 30 nitrogen and oxygen atoms in total. The van der Waals surface area contributed by atoms with Gasteiger partial charge in [0.05, 0.1) is 32.0 Å². The van der Waals surface area contributed by atoms with E-state index in [1.807, 2.05) is 0 Å². The summed E-state index contributed by atoms with van der Waals surface area (Å²) in [5, 5.41) is 125. The van der Waals surface area contributed by atoms with Crippen molar-refractivity contribution in [3.05, 3.63) is 0 Å². The Kier molecular flexibility index (Phi) is 19.4. The number of carbonyl (C=O) groups is 3. The van der Waals surface area contributed by atoms with Gasteiger partial charge in [-0.15, -0.1) is 0 Å². The number of nitrogens with one attached hydrogen (secondary N) is 3. The second-order valence-electron chi connectivity index (χ2n) is 16.7. The molecule has 0 spiro atoms. The van der Waals surface area contributed by atoms with Crippen LogP contribution in [0.1, 0.15) is 34.6 Å². The molecule has 5 rings (SSSR count). The first kappa shape index (κ1) is 55.6. The molecule has 16 N–H and O–H groups in total. The molecule has 31 heteroatoms. The van der Waals surface area contributed by atoms with Gasteiger partial charge in [-0.2, -0.15) is 0 Å². The van der Waals surface area contributed by atoms with Gasteiger partial charge in [0.2, 0.25) is 17.7 Å². The monoisotopic (exact) mass is 999 g/mol. The molecule has 0 unspecified atom stereocenters. The molecule has 3 amide bonds. The van der Waals surface area contributed by atoms with Crippen molar-refractivity contribution in [3.8, 4) is 0 Å². The zero-order valence-corrected chi connectivity index (χ0v) is 37.4. The van der Waals surface area contributed by atoms with E-state index in [4.69, 9.17) is 42.6 Å². The number of phosphoric acid groups is 1. The quantitative estimate of drug-likeness (QED) is 0.0639. The first-order chi connectivity index (χ1) is 31.3. The van der Waals surface area contributed by atoms with E-state index < -0.39 is 199 Å². The molecule has 5 fully saturated rings. The van der Waals surface area contributed by atoms with Crippen molar-refractivity contribution in [2.75, 3.05) is 19.8 Å². The second-order valence-corrected chi connectivity index (χ2v) is 17.9. The summed E-state index contributed by atoms with van der Waals surface area (Å²) in [7, 11) is -5.33. The maximum Gasteiger partial charge on any atom is 0.470 e. The molecule has 25 atom stereocenters. The van der Waals surface area contributed by atoms with Gasteiger partial charge in [0, 0.05) is 20.8 Å². The highest BCUT2D eigenvalue weighted by atomic mass is 31.2. The number of amides is 3. The molecular formula is C36H62N3O27P. The fourth-order valence-electron chi connectivity index (χ4n) is 8.40. The van der Waals surface area contributed by atoms with Crippen LogP contribution in [-0.2, 0) is 66.1 Å². The Labute approximate surface area is 381 Å². The number of hydrogen-bond donors (Lipinski definition) is 16. The molecule has 0 aliphatic carbocycles. The first-order valence-corrected chi connectivity index (χ1v) is 22.6. The van der Waals surface area contributed by atoms with Crippen molar-refractivity contribution in [2.24, 2.45) is 0 Å². The summed E-state index contributed by atoms with van der Waals surface area (Å²) < 4.78 is 68.9. The Bertz CT molecular complexity index is 1700. The van der Waals surface area contributed by atoms with Crippen LogP contribution in [-0.4, -0.2) is 257 Å². The summed E-state index contributed by atoms with van der Waals surface area (Å²) in [4.78, 5) is 56.9. The lowest BCUT2D eigenvalue weighted by molar-refractivity contribution is -0.366. The van der Waals surface area contributed by atoms with Crippen molar-refractivity contribution in [1.29, 1.82) is 0 Å². The number of aliphatic hydroxyl groups excluding tert-OH is 11. The average Bonchev–Trinajstić information content (AvgIpc) is 3.24. The summed E-state index contributed by atoms with van der Waals surface area (Å²) >= 11 is 0. The van der Waals surface area contributed by atoms with Crippen molar-refractivity contribution in [1.82, 2.24) is 16.0 Å². The predicted molar refractivity (Wildman–Crippen MR) is 209 cm³/mol. The maximum absolute atomic E-state index is 12.9. The van der Waals surface area contributed by atoms with Gasteiger partial charge in [0.25, 0.3) is 0 Å². The van der Waals surface area contributed by atoms with Gasteiger partial charge in [0.15, 0.2) is 31.5 Å². The second kappa shape index (κ2) is 23.3. The highest BCUT2D eigenvalue weighted by Crippen LogP contribution is 2.42. The van der Waals surface area contributed by atoms with Crippen LogP contribution in [0.5, 0.6) is 0 Å². The highest BCUT2D eigenvalue weighted by Gasteiger charge is 2.57. The zero-order chi connectivity index (χ0) is 50.0. The topological polar surface area (TPSA) is 460 Å². The molecule has 0 radical (unpaired) electrons. The molecule has 388 valence electrons. The van der Waals surface area contributed by atoms with Crippen molar-refractivity contribution >= 4 is 25.5 Å². The average molecular weight is 1000 g/mol. The third kappa shape index (κ3) is 13.0. The van der Waals surface area contributed by atoms with Crippen molar-refractivity contribution < 1.29 is 132 Å². The van der Waals surface area contributed by atoms with Crippen LogP contribution in [0.15, 0.2) is 0 Å². The Hall–Kier alpha value is -2.28. The molecule has 5 aliphatic rings. The third-order valence-electron chi connectivity index (χ3n) is 11.7. The van der Waals surface area contributed by atoms with Crippen molar-refractivity contribution in [2.45, 2.75) is 188 Å². The number of hydrogen-bond acceptors (Lipinski definition) is 25. The van der Waals surface area contributed by atoms with E-state index in [0.717, 1.165) is 20.8 Å². The fourth-order valence-corrected chi connectivity index (χ4v) is 8.98. The van der Waals surface area contributed by atoms with Crippen LogP contribution in [0.4, 0.5) is 0 Å². The standard InChI is InChI=1S/C36H62N3O27P/c1-9-20(46)29(17(37-11(3)43)33(57-9)62-27-15(7-41)59-32(53)25(51)23(27)49)63-35-19(39-13(5)45)31(22(48)14(6-40)60-35)64-34-18(38-12(4)44)30(21(47)10(2)58-34)65-36-26(52)24(50)28(16(8-42)61-36)66-67(54,55)56/h9-10,14-36,40-42,46-53H,6-8H2,1-5H3,(H,37,43)(H,38,44)(H,39,45)(H2,54,55,56)/t9-,10-,14+,15+,16+,17-,18-,19+,20+,21+,22+,23+,24+,25+,26+,27+,28+,29-,30-,31+,32-,33-,34-,35+,36+/m0/s1. The van der Waals surface area contributed by atoms with Gasteiger partial charge in [-0.05, 0) is 13.8 Å². The van der Waals surface area contributed by atoms with Crippen LogP contribution >= 0.6 is 7.82 Å². The van der Waals surface area contributed by atoms with Crippen LogP contribution in [0, 0.1) is 0 Å². The first-order valence-electron chi connectivity index (χ1n) is 21.0. The van der Waals surface area contributed by atoms with Gasteiger partial charge in [-0.25, -0.2) is 4.57 Å². The van der Waals surface area contributed by atoms with Crippen LogP contribution in [0.3, 0.4) is 0 Å². The van der Waals surface area contributed by atoms with Gasteiger partial charge in [-0.1, -0.05) is 0 Å². The smallest absolute Gasteiger partial charge is 0.394 e. The van der Waals surface area contributed by atoms with E-state index >= 15 is 0 Å². The minimum atomic E-state index is -5.33. The normalized spacial score (nSPS) is 46.3. The largest absolute Gasteiger partial charge is 0.470 e. The summed E-state index contributed by atoms with van der Waals surface area (Å²) in [6.07, 6.45) is -39.2. The van der Waals surface area contributed by atoms with Gasteiger partial charge in [0.1, 0.15) is 110 Å². The molecule has 0 aromatic carbocycles. The van der Waals surface area contributed by atoms with Crippen LogP contribution < -0.4 is 16.0 Å². The number of aliphatic hydroxyl groups is 11. The molecule has 0 saturated carbocycles. The van der Waals surface area contributed by atoms with E-state index in [0.29, 0.717) is 0 Å². The molecule has 67 heavy (non-hydrogen) atoms. The summed E-state index contributed by atoms with van der Waals surface area (Å²) in [6, 6.07) is -4.93. The number of carbonyl (C=O) groups excluding carboxylic acids is 3. The van der Waals surface area contributed by atoms with E-state index in [-0.39, 0.29) is 0 Å². The van der Waals surface area contributed by atoms with E-state index in [9.17, 15) is 84.9 Å². The van der Waals surface area contributed by atoms with E-state index in [1.165, 1.54) is 13.8 Å². The zero-order valence-electron chi connectivity index (χ0n) is 36.5. The Balaban J connectivity index is 1.47. The van der Waals surface area contributed by atoms with Crippen LogP contribution in [0.2, 0.25) is 0 Å². The highest BCUT2D eigenvalue weighted by molar-refractivity contribution is 7.46. The fraction of sp³-hybridized carbons (Fsp3) is 0.917. The molecule has 0 aromatic rings.